The predicted octanol–water partition coefficient (Wildman–Crippen LogP) is 9.01. The average Bonchev–Trinajstić information content (AvgIpc) is 3.25. The number of hydrogen-bond acceptors (Lipinski definition) is 2. The largest absolute Gasteiger partial charge is 0.497 e. The maximum absolute atomic E-state index is 6.38. The summed E-state index contributed by atoms with van der Waals surface area (Å²) in [7, 11) is 1.69. The lowest BCUT2D eigenvalue weighted by molar-refractivity contribution is 0.415. The fourth-order valence-corrected chi connectivity index (χ4v) is 4.74. The van der Waals surface area contributed by atoms with Gasteiger partial charge in [-0.25, -0.2) is 0 Å². The normalized spacial score (nSPS) is 11.5. The number of rotatable bonds is 9. The van der Waals surface area contributed by atoms with Gasteiger partial charge in [-0.15, -0.1) is 0 Å². The number of para-hydroxylation sites is 1. The monoisotopic (exact) mass is 536 g/mol. The third kappa shape index (κ3) is 5.44. The Morgan fingerprint density at radius 2 is 1.66 bits per heavy atom. The number of hydrogen-bond donors (Lipinski definition) is 0. The lowest BCUT2D eigenvalue weighted by Crippen LogP contribution is -1.86. The van der Waals surface area contributed by atoms with Crippen LogP contribution in [0.15, 0.2) is 71.1 Å². The fraction of sp³-hybridized carbons (Fsp3) is 0.241. The molecule has 1 aromatic heterocycles. The summed E-state index contributed by atoms with van der Waals surface area (Å²) < 4.78 is 12.8. The SMILES string of the molecule is CCCCCCc1cccc2cc(-c3ccc(C=Cc4ccc(OC)cc4)cc3I)oc12. The average molecular weight is 536 g/mol. The molecule has 4 aromatic rings. The molecule has 1 heterocycles. The summed E-state index contributed by atoms with van der Waals surface area (Å²) in [6.07, 6.45) is 10.4. The Morgan fingerprint density at radius 1 is 0.875 bits per heavy atom. The number of benzene rings is 3. The van der Waals surface area contributed by atoms with Crippen molar-refractivity contribution in [1.29, 1.82) is 0 Å². The highest BCUT2D eigenvalue weighted by atomic mass is 127. The molecule has 0 aliphatic rings. The third-order valence-corrected chi connectivity index (χ3v) is 6.66. The Balaban J connectivity index is 1.54. The van der Waals surface area contributed by atoms with Crippen molar-refractivity contribution in [3.63, 3.8) is 0 Å². The van der Waals surface area contributed by atoms with Gasteiger partial charge in [-0.3, -0.25) is 0 Å². The molecule has 0 bridgehead atoms. The summed E-state index contributed by atoms with van der Waals surface area (Å²) in [6, 6.07) is 23.3. The van der Waals surface area contributed by atoms with E-state index in [9.17, 15) is 0 Å². The molecule has 0 N–H and O–H groups in total. The summed E-state index contributed by atoms with van der Waals surface area (Å²) in [5.41, 5.74) is 5.81. The molecule has 0 unspecified atom stereocenters. The summed E-state index contributed by atoms with van der Waals surface area (Å²) in [6.45, 7) is 2.25. The predicted molar refractivity (Wildman–Crippen MR) is 144 cm³/mol. The van der Waals surface area contributed by atoms with Crippen LogP contribution in [-0.2, 0) is 6.42 Å². The molecule has 0 spiro atoms. The van der Waals surface area contributed by atoms with Crippen LogP contribution in [0.2, 0.25) is 0 Å². The first-order valence-corrected chi connectivity index (χ1v) is 12.4. The molecule has 0 fully saturated rings. The molecular weight excluding hydrogens is 507 g/mol. The lowest BCUT2D eigenvalue weighted by atomic mass is 10.0. The maximum atomic E-state index is 6.38. The van der Waals surface area contributed by atoms with Crippen LogP contribution in [0.3, 0.4) is 0 Å². The molecule has 0 saturated carbocycles. The van der Waals surface area contributed by atoms with E-state index in [4.69, 9.17) is 9.15 Å². The van der Waals surface area contributed by atoms with E-state index in [1.54, 1.807) is 7.11 Å². The molecule has 0 radical (unpaired) electrons. The molecule has 0 atom stereocenters. The molecule has 0 aliphatic carbocycles. The van der Waals surface area contributed by atoms with Crippen molar-refractivity contribution in [2.45, 2.75) is 39.0 Å². The maximum Gasteiger partial charge on any atom is 0.137 e. The first-order valence-electron chi connectivity index (χ1n) is 11.3. The Hall–Kier alpha value is -2.53. The zero-order valence-electron chi connectivity index (χ0n) is 18.7. The van der Waals surface area contributed by atoms with Crippen molar-refractivity contribution in [1.82, 2.24) is 0 Å². The van der Waals surface area contributed by atoms with Crippen LogP contribution in [0, 0.1) is 3.57 Å². The first kappa shape index (κ1) is 22.7. The van der Waals surface area contributed by atoms with Gasteiger partial charge < -0.3 is 9.15 Å². The Kier molecular flexibility index (Phi) is 7.69. The van der Waals surface area contributed by atoms with E-state index in [2.05, 4.69) is 96.3 Å². The number of fused-ring (bicyclic) bond motifs is 1. The van der Waals surface area contributed by atoms with Gasteiger partial charge in [-0.05, 0) is 82.5 Å². The highest BCUT2D eigenvalue weighted by Crippen LogP contribution is 2.33. The quantitative estimate of drug-likeness (QED) is 0.121. The van der Waals surface area contributed by atoms with Gasteiger partial charge in [0.25, 0.3) is 0 Å². The third-order valence-electron chi connectivity index (χ3n) is 5.77. The van der Waals surface area contributed by atoms with E-state index < -0.39 is 0 Å². The van der Waals surface area contributed by atoms with E-state index in [1.165, 1.54) is 45.8 Å². The van der Waals surface area contributed by atoms with Crippen molar-refractivity contribution in [2.24, 2.45) is 0 Å². The van der Waals surface area contributed by atoms with Gasteiger partial charge in [0.05, 0.1) is 7.11 Å². The zero-order valence-corrected chi connectivity index (χ0v) is 20.9. The van der Waals surface area contributed by atoms with Crippen LogP contribution in [0.1, 0.15) is 49.3 Å². The van der Waals surface area contributed by atoms with Crippen LogP contribution >= 0.6 is 22.6 Å². The topological polar surface area (TPSA) is 22.4 Å². The van der Waals surface area contributed by atoms with Crippen LogP contribution in [0.4, 0.5) is 0 Å². The minimum Gasteiger partial charge on any atom is -0.497 e. The van der Waals surface area contributed by atoms with Crippen molar-refractivity contribution in [3.05, 3.63) is 87.0 Å². The number of aryl methyl sites for hydroxylation is 1. The summed E-state index contributed by atoms with van der Waals surface area (Å²) in [5.74, 6) is 1.81. The second kappa shape index (κ2) is 10.9. The van der Waals surface area contributed by atoms with Gasteiger partial charge in [0.1, 0.15) is 17.1 Å². The molecular formula is C29H29IO2. The number of methoxy groups -OCH3 is 1. The van der Waals surface area contributed by atoms with Crippen LogP contribution in [0.5, 0.6) is 5.75 Å². The molecule has 3 aromatic carbocycles. The molecule has 0 amide bonds. The lowest BCUT2D eigenvalue weighted by Gasteiger charge is -2.04. The van der Waals surface area contributed by atoms with Crippen LogP contribution < -0.4 is 4.74 Å². The summed E-state index contributed by atoms with van der Waals surface area (Å²) >= 11 is 2.41. The van der Waals surface area contributed by atoms with Crippen molar-refractivity contribution in [2.75, 3.05) is 7.11 Å². The van der Waals surface area contributed by atoms with Crippen molar-refractivity contribution >= 4 is 45.7 Å². The van der Waals surface area contributed by atoms with E-state index in [1.807, 2.05) is 12.1 Å². The Morgan fingerprint density at radius 3 is 2.41 bits per heavy atom. The summed E-state index contributed by atoms with van der Waals surface area (Å²) in [5, 5.41) is 1.19. The van der Waals surface area contributed by atoms with Gasteiger partial charge in [-0.1, -0.05) is 74.7 Å². The number of ether oxygens (including phenoxy) is 1. The highest BCUT2D eigenvalue weighted by Gasteiger charge is 2.12. The van der Waals surface area contributed by atoms with Crippen molar-refractivity contribution in [3.8, 4) is 17.1 Å². The molecule has 4 rings (SSSR count). The highest BCUT2D eigenvalue weighted by molar-refractivity contribution is 14.1. The number of unbranched alkanes of at least 4 members (excludes halogenated alkanes) is 3. The number of halogens is 1. The van der Waals surface area contributed by atoms with Crippen molar-refractivity contribution < 1.29 is 9.15 Å². The molecule has 32 heavy (non-hydrogen) atoms. The van der Waals surface area contributed by atoms with Crippen LogP contribution in [0.25, 0.3) is 34.4 Å². The minimum atomic E-state index is 0.871. The number of furan rings is 1. The van der Waals surface area contributed by atoms with Gasteiger partial charge in [0, 0.05) is 14.5 Å². The molecule has 164 valence electrons. The first-order chi connectivity index (χ1) is 15.7. The summed E-state index contributed by atoms with van der Waals surface area (Å²) in [4.78, 5) is 0. The standard InChI is InChI=1S/C29H29IO2/c1-3-4-5-6-8-23-9-7-10-24-20-28(32-29(23)24)26-18-15-22(19-27(26)30)12-11-21-13-16-25(31-2)17-14-21/h7,9-20H,3-6,8H2,1-2H3. The molecule has 0 aliphatic heterocycles. The zero-order chi connectivity index (χ0) is 22.3. The van der Waals surface area contributed by atoms with Gasteiger partial charge in [0.2, 0.25) is 0 Å². The Labute approximate surface area is 204 Å². The van der Waals surface area contributed by atoms with Gasteiger partial charge in [0.15, 0.2) is 0 Å². The second-order valence-corrected chi connectivity index (χ2v) is 9.26. The van der Waals surface area contributed by atoms with E-state index >= 15 is 0 Å². The van der Waals surface area contributed by atoms with Gasteiger partial charge in [-0.2, -0.15) is 0 Å². The van der Waals surface area contributed by atoms with E-state index in [0.717, 1.165) is 34.6 Å². The minimum absolute atomic E-state index is 0.871. The Bertz CT molecular complexity index is 1200. The molecule has 2 nitrogen and oxygen atoms in total. The second-order valence-electron chi connectivity index (χ2n) is 8.10. The van der Waals surface area contributed by atoms with Crippen LogP contribution in [-0.4, -0.2) is 7.11 Å². The van der Waals surface area contributed by atoms with E-state index in [0.29, 0.717) is 0 Å². The smallest absolute Gasteiger partial charge is 0.137 e. The van der Waals surface area contributed by atoms with E-state index in [-0.39, 0.29) is 0 Å². The van der Waals surface area contributed by atoms with Gasteiger partial charge >= 0.3 is 0 Å². The molecule has 3 heteroatoms. The molecule has 0 saturated heterocycles. The fourth-order valence-electron chi connectivity index (χ4n) is 3.94.